The van der Waals surface area contributed by atoms with Gasteiger partial charge in [-0.1, -0.05) is 12.1 Å². The summed E-state index contributed by atoms with van der Waals surface area (Å²) in [5, 5.41) is 14.8. The smallest absolute Gasteiger partial charge is 0.133 e. The summed E-state index contributed by atoms with van der Waals surface area (Å²) < 4.78 is 5.37. The average molecular weight is 258 g/mol. The second kappa shape index (κ2) is 5.05. The zero-order valence-electron chi connectivity index (χ0n) is 11.0. The van der Waals surface area contributed by atoms with Crippen LogP contribution in [0.3, 0.4) is 0 Å². The molecule has 0 aliphatic heterocycles. The van der Waals surface area contributed by atoms with Gasteiger partial charge < -0.3 is 15.2 Å². The van der Waals surface area contributed by atoms with Crippen LogP contribution in [0.25, 0.3) is 10.8 Å². The number of nitrogens with zero attached hydrogens (tertiary/aromatic N) is 1. The molecule has 0 atom stereocenters. The Bertz CT molecular complexity index is 579. The normalized spacial score (nSPS) is 22.0. The van der Waals surface area contributed by atoms with E-state index in [4.69, 9.17) is 4.74 Å². The van der Waals surface area contributed by atoms with Gasteiger partial charge in [0.25, 0.3) is 0 Å². The molecular formula is C15H18N2O2. The molecular weight excluding hydrogens is 240 g/mol. The van der Waals surface area contributed by atoms with Crippen LogP contribution in [-0.4, -0.2) is 29.8 Å². The zero-order valence-corrected chi connectivity index (χ0v) is 11.0. The number of aromatic nitrogens is 1. The van der Waals surface area contributed by atoms with Crippen molar-refractivity contribution in [3.05, 3.63) is 30.5 Å². The Morgan fingerprint density at radius 3 is 2.89 bits per heavy atom. The van der Waals surface area contributed by atoms with Gasteiger partial charge >= 0.3 is 0 Å². The molecule has 2 aromatic rings. The molecule has 0 spiro atoms. The number of hydrogen-bond acceptors (Lipinski definition) is 4. The topological polar surface area (TPSA) is 54.4 Å². The Kier molecular flexibility index (Phi) is 3.25. The summed E-state index contributed by atoms with van der Waals surface area (Å²) in [6.07, 6.45) is 3.47. The average Bonchev–Trinajstić information content (AvgIpc) is 2.41. The predicted octanol–water partition coefficient (Wildman–Crippen LogP) is 2.43. The van der Waals surface area contributed by atoms with Crippen LogP contribution >= 0.6 is 0 Å². The molecule has 19 heavy (non-hydrogen) atoms. The highest BCUT2D eigenvalue weighted by Crippen LogP contribution is 2.31. The first-order valence-electron chi connectivity index (χ1n) is 6.61. The highest BCUT2D eigenvalue weighted by molar-refractivity contribution is 5.95. The number of rotatable bonds is 4. The molecule has 0 unspecified atom stereocenters. The van der Waals surface area contributed by atoms with Crippen LogP contribution in [0, 0.1) is 5.92 Å². The van der Waals surface area contributed by atoms with E-state index < -0.39 is 0 Å². The van der Waals surface area contributed by atoms with Gasteiger partial charge in [-0.3, -0.25) is 0 Å². The lowest BCUT2D eigenvalue weighted by atomic mass is 9.82. The lowest BCUT2D eigenvalue weighted by Gasteiger charge is -2.31. The van der Waals surface area contributed by atoms with Crippen molar-refractivity contribution in [1.82, 2.24) is 4.98 Å². The largest absolute Gasteiger partial charge is 0.496 e. The van der Waals surface area contributed by atoms with Crippen molar-refractivity contribution in [1.29, 1.82) is 0 Å². The number of hydrogen-bond donors (Lipinski definition) is 2. The van der Waals surface area contributed by atoms with Crippen LogP contribution in [0.15, 0.2) is 30.5 Å². The summed E-state index contributed by atoms with van der Waals surface area (Å²) in [7, 11) is 1.68. The number of aliphatic hydroxyl groups is 1. The van der Waals surface area contributed by atoms with Gasteiger partial charge in [-0.15, -0.1) is 0 Å². The number of aliphatic hydroxyl groups excluding tert-OH is 1. The molecule has 1 aromatic carbocycles. The van der Waals surface area contributed by atoms with Gasteiger partial charge in [0.1, 0.15) is 11.6 Å². The van der Waals surface area contributed by atoms with Crippen molar-refractivity contribution in [3.8, 4) is 5.75 Å². The van der Waals surface area contributed by atoms with Crippen molar-refractivity contribution in [2.24, 2.45) is 5.92 Å². The van der Waals surface area contributed by atoms with Gasteiger partial charge in [0, 0.05) is 23.5 Å². The van der Waals surface area contributed by atoms with Crippen LogP contribution < -0.4 is 10.1 Å². The van der Waals surface area contributed by atoms with E-state index in [0.29, 0.717) is 5.92 Å². The molecule has 1 aromatic heterocycles. The molecule has 0 amide bonds. The first kappa shape index (κ1) is 12.2. The molecule has 4 nitrogen and oxygen atoms in total. The minimum Gasteiger partial charge on any atom is -0.496 e. The highest BCUT2D eigenvalue weighted by Gasteiger charge is 2.26. The number of fused-ring (bicyclic) bond motifs is 1. The lowest BCUT2D eigenvalue weighted by molar-refractivity contribution is 0.0487. The van der Waals surface area contributed by atoms with E-state index in [1.807, 2.05) is 24.3 Å². The summed E-state index contributed by atoms with van der Waals surface area (Å²) in [6.45, 7) is 0.861. The van der Waals surface area contributed by atoms with Crippen LogP contribution in [0.1, 0.15) is 12.8 Å². The van der Waals surface area contributed by atoms with E-state index in [9.17, 15) is 5.11 Å². The van der Waals surface area contributed by atoms with Crippen LogP contribution in [0.4, 0.5) is 5.82 Å². The molecule has 1 heterocycles. The maximum Gasteiger partial charge on any atom is 0.133 e. The third kappa shape index (κ3) is 2.36. The van der Waals surface area contributed by atoms with Crippen molar-refractivity contribution in [2.45, 2.75) is 18.9 Å². The Hall–Kier alpha value is -1.81. The number of methoxy groups -OCH3 is 1. The van der Waals surface area contributed by atoms with Crippen LogP contribution in [0.5, 0.6) is 5.75 Å². The minimum absolute atomic E-state index is 0.104. The zero-order chi connectivity index (χ0) is 13.2. The van der Waals surface area contributed by atoms with Crippen molar-refractivity contribution in [3.63, 3.8) is 0 Å². The molecule has 1 aliphatic carbocycles. The molecule has 0 radical (unpaired) electrons. The van der Waals surface area contributed by atoms with E-state index in [1.165, 1.54) is 0 Å². The standard InChI is InChI=1S/C15H18N2O2/c1-19-14-4-2-3-13-12(14)5-6-16-15(13)17-9-10-7-11(18)8-10/h2-6,10-11,18H,7-9H2,1H3,(H,16,17). The highest BCUT2D eigenvalue weighted by atomic mass is 16.5. The fourth-order valence-corrected chi connectivity index (χ4v) is 2.61. The Balaban J connectivity index is 1.83. The second-order valence-corrected chi connectivity index (χ2v) is 5.09. The number of ether oxygens (including phenoxy) is 1. The van der Waals surface area contributed by atoms with Gasteiger partial charge in [-0.25, -0.2) is 4.98 Å². The summed E-state index contributed by atoms with van der Waals surface area (Å²) in [6, 6.07) is 7.94. The molecule has 1 fully saturated rings. The fourth-order valence-electron chi connectivity index (χ4n) is 2.61. The van der Waals surface area contributed by atoms with Crippen LogP contribution in [0.2, 0.25) is 0 Å². The monoisotopic (exact) mass is 258 g/mol. The first-order chi connectivity index (χ1) is 9.28. The fraction of sp³-hybridized carbons (Fsp3) is 0.400. The van der Waals surface area contributed by atoms with Crippen molar-refractivity contribution in [2.75, 3.05) is 19.0 Å². The quantitative estimate of drug-likeness (QED) is 0.884. The summed E-state index contributed by atoms with van der Waals surface area (Å²) in [5.41, 5.74) is 0. The van der Waals surface area contributed by atoms with Gasteiger partial charge in [-0.05, 0) is 30.9 Å². The minimum atomic E-state index is -0.104. The molecule has 3 rings (SSSR count). The molecule has 1 aliphatic rings. The Morgan fingerprint density at radius 1 is 1.32 bits per heavy atom. The molecule has 0 saturated heterocycles. The Labute approximate surface area is 112 Å². The van der Waals surface area contributed by atoms with E-state index >= 15 is 0 Å². The lowest BCUT2D eigenvalue weighted by Crippen LogP contribution is -2.33. The van der Waals surface area contributed by atoms with Crippen molar-refractivity contribution >= 4 is 16.6 Å². The van der Waals surface area contributed by atoms with Crippen molar-refractivity contribution < 1.29 is 9.84 Å². The summed E-state index contributed by atoms with van der Waals surface area (Å²) in [5.74, 6) is 2.30. The molecule has 1 saturated carbocycles. The number of anilines is 1. The molecule has 100 valence electrons. The number of pyridine rings is 1. The van der Waals surface area contributed by atoms with E-state index in [0.717, 1.165) is 41.7 Å². The maximum atomic E-state index is 9.30. The number of nitrogens with one attached hydrogen (secondary N) is 1. The molecule has 2 N–H and O–H groups in total. The van der Waals surface area contributed by atoms with Gasteiger partial charge in [0.05, 0.1) is 13.2 Å². The summed E-state index contributed by atoms with van der Waals surface area (Å²) in [4.78, 5) is 4.40. The third-order valence-electron chi connectivity index (χ3n) is 3.75. The van der Waals surface area contributed by atoms with Gasteiger partial charge in [0.15, 0.2) is 0 Å². The van der Waals surface area contributed by atoms with Crippen LogP contribution in [-0.2, 0) is 0 Å². The van der Waals surface area contributed by atoms with Gasteiger partial charge in [0.2, 0.25) is 0 Å². The molecule has 4 heteroatoms. The van der Waals surface area contributed by atoms with E-state index in [2.05, 4.69) is 10.3 Å². The van der Waals surface area contributed by atoms with E-state index in [-0.39, 0.29) is 6.10 Å². The SMILES string of the molecule is COc1cccc2c(NCC3CC(O)C3)nccc12. The second-order valence-electron chi connectivity index (χ2n) is 5.09. The third-order valence-corrected chi connectivity index (χ3v) is 3.75. The summed E-state index contributed by atoms with van der Waals surface area (Å²) >= 11 is 0. The number of benzene rings is 1. The van der Waals surface area contributed by atoms with Gasteiger partial charge in [-0.2, -0.15) is 0 Å². The predicted molar refractivity (Wildman–Crippen MR) is 75.5 cm³/mol. The molecule has 0 bridgehead atoms. The Morgan fingerprint density at radius 2 is 2.16 bits per heavy atom. The first-order valence-corrected chi connectivity index (χ1v) is 6.61. The van der Waals surface area contributed by atoms with E-state index in [1.54, 1.807) is 13.3 Å². The maximum absolute atomic E-state index is 9.30.